The fourth-order valence-corrected chi connectivity index (χ4v) is 3.97. The van der Waals surface area contributed by atoms with Crippen LogP contribution >= 0.6 is 0 Å². The van der Waals surface area contributed by atoms with Crippen molar-refractivity contribution >= 4 is 27.5 Å². The average Bonchev–Trinajstić information content (AvgIpc) is 2.75. The quantitative estimate of drug-likeness (QED) is 0.174. The summed E-state index contributed by atoms with van der Waals surface area (Å²) in [6.07, 6.45) is 11.7. The highest BCUT2D eigenvalue weighted by molar-refractivity contribution is 6.16. The molecule has 153 valence electrons. The highest BCUT2D eigenvalue weighted by atomic mass is 16.7. The van der Waals surface area contributed by atoms with Gasteiger partial charge in [-0.05, 0) is 23.3 Å². The Labute approximate surface area is 174 Å². The van der Waals surface area contributed by atoms with Gasteiger partial charge in [0.15, 0.2) is 5.56 Å². The van der Waals surface area contributed by atoms with Crippen LogP contribution < -0.4 is 5.48 Å². The number of carbonyl (C=O) groups excluding carboxylic acids is 1. The highest BCUT2D eigenvalue weighted by Crippen LogP contribution is 2.28. The van der Waals surface area contributed by atoms with E-state index in [2.05, 4.69) is 13.0 Å². The first-order valence-corrected chi connectivity index (χ1v) is 11.2. The maximum atomic E-state index is 12.9. The maximum absolute atomic E-state index is 12.9. The van der Waals surface area contributed by atoms with Crippen molar-refractivity contribution in [3.63, 3.8) is 0 Å². The number of carbonyl (C=O) groups is 1. The normalized spacial score (nSPS) is 11.2. The van der Waals surface area contributed by atoms with Gasteiger partial charge in [-0.25, -0.2) is 0 Å². The van der Waals surface area contributed by atoms with Crippen molar-refractivity contribution in [2.24, 2.45) is 0 Å². The first kappa shape index (κ1) is 21.3. The zero-order valence-corrected chi connectivity index (χ0v) is 17.7. The summed E-state index contributed by atoms with van der Waals surface area (Å²) in [7, 11) is 0. The lowest BCUT2D eigenvalue weighted by molar-refractivity contribution is -0.870. The minimum Gasteiger partial charge on any atom is -0.0838 e. The van der Waals surface area contributed by atoms with E-state index in [9.17, 15) is 4.79 Å². The van der Waals surface area contributed by atoms with Gasteiger partial charge >= 0.3 is 5.97 Å². The van der Waals surface area contributed by atoms with Crippen molar-refractivity contribution < 1.29 is 15.1 Å². The van der Waals surface area contributed by atoms with Crippen LogP contribution in [-0.4, -0.2) is 12.5 Å². The van der Waals surface area contributed by atoms with E-state index < -0.39 is 0 Å². The van der Waals surface area contributed by atoms with E-state index in [0.717, 1.165) is 34.5 Å². The van der Waals surface area contributed by atoms with Crippen molar-refractivity contribution in [3.05, 3.63) is 60.2 Å². The molecular formula is C26H34NO2+2. The molecule has 0 aliphatic carbocycles. The lowest BCUT2D eigenvalue weighted by atomic mass is 9.97. The van der Waals surface area contributed by atoms with E-state index in [-0.39, 0.29) is 5.97 Å². The SMILES string of the molecule is CCCCCCCCCCC[NH2+]OC(=[O+])c1c2ccccc2cc2ccccc12. The van der Waals surface area contributed by atoms with Gasteiger partial charge in [-0.1, -0.05) is 111 Å². The predicted molar refractivity (Wildman–Crippen MR) is 121 cm³/mol. The van der Waals surface area contributed by atoms with Crippen LogP contribution in [-0.2, 0) is 4.84 Å². The summed E-state index contributed by atoms with van der Waals surface area (Å²) in [6.45, 7) is 3.08. The number of rotatable bonds is 12. The first-order valence-electron chi connectivity index (χ1n) is 11.2. The highest BCUT2D eigenvalue weighted by Gasteiger charge is 2.29. The molecule has 0 aliphatic rings. The summed E-state index contributed by atoms with van der Waals surface area (Å²) in [6, 6.07) is 18.2. The average molecular weight is 393 g/mol. The molecule has 1 radical (unpaired) electrons. The van der Waals surface area contributed by atoms with Crippen molar-refractivity contribution in [2.45, 2.75) is 64.7 Å². The van der Waals surface area contributed by atoms with Crippen LogP contribution in [0.1, 0.15) is 75.1 Å². The van der Waals surface area contributed by atoms with Gasteiger partial charge in [0.1, 0.15) is 6.54 Å². The van der Waals surface area contributed by atoms with Crippen LogP contribution in [0.3, 0.4) is 0 Å². The summed E-state index contributed by atoms with van der Waals surface area (Å²) >= 11 is 0. The number of unbranched alkanes of at least 4 members (excludes halogenated alkanes) is 8. The summed E-state index contributed by atoms with van der Waals surface area (Å²) in [5.74, 6) is -0.256. The van der Waals surface area contributed by atoms with Gasteiger partial charge in [0, 0.05) is 17.2 Å². The second-order valence-electron chi connectivity index (χ2n) is 7.88. The van der Waals surface area contributed by atoms with Crippen LogP contribution in [0.15, 0.2) is 54.6 Å². The Morgan fingerprint density at radius 2 is 1.28 bits per heavy atom. The molecule has 0 saturated heterocycles. The summed E-state index contributed by atoms with van der Waals surface area (Å²) in [5, 5.41) is 4.04. The van der Waals surface area contributed by atoms with Gasteiger partial charge in [0.25, 0.3) is 0 Å². The molecule has 0 aromatic heterocycles. The molecular weight excluding hydrogens is 358 g/mol. The lowest BCUT2D eigenvalue weighted by Gasteiger charge is -2.05. The Morgan fingerprint density at radius 1 is 0.759 bits per heavy atom. The molecule has 3 heteroatoms. The Kier molecular flexibility index (Phi) is 8.51. The van der Waals surface area contributed by atoms with E-state index in [1.165, 1.54) is 51.4 Å². The van der Waals surface area contributed by atoms with E-state index in [1.54, 1.807) is 5.48 Å². The van der Waals surface area contributed by atoms with Gasteiger partial charge < -0.3 is 0 Å². The van der Waals surface area contributed by atoms with Crippen LogP contribution in [0.5, 0.6) is 0 Å². The maximum Gasteiger partial charge on any atom is 0.671 e. The summed E-state index contributed by atoms with van der Waals surface area (Å²) in [4.78, 5) is 18.4. The van der Waals surface area contributed by atoms with Gasteiger partial charge in [-0.2, -0.15) is 0 Å². The van der Waals surface area contributed by atoms with E-state index in [0.29, 0.717) is 5.56 Å². The van der Waals surface area contributed by atoms with Crippen molar-refractivity contribution in [2.75, 3.05) is 6.54 Å². The summed E-state index contributed by atoms with van der Waals surface area (Å²) in [5.41, 5.74) is 2.36. The zero-order chi connectivity index (χ0) is 20.3. The largest absolute Gasteiger partial charge is 0.671 e. The van der Waals surface area contributed by atoms with Gasteiger partial charge in [0.2, 0.25) is 0 Å². The number of hydrogen-bond donors (Lipinski definition) is 1. The molecule has 0 unspecified atom stereocenters. The van der Waals surface area contributed by atoms with Gasteiger partial charge in [0.05, 0.1) is 4.79 Å². The third kappa shape index (κ3) is 6.04. The van der Waals surface area contributed by atoms with Crippen LogP contribution in [0, 0.1) is 0 Å². The van der Waals surface area contributed by atoms with E-state index in [4.69, 9.17) is 4.84 Å². The Bertz CT molecular complexity index is 865. The number of hydrogen-bond acceptors (Lipinski definition) is 2. The first-order chi connectivity index (χ1) is 14.3. The van der Waals surface area contributed by atoms with E-state index in [1.807, 2.05) is 48.5 Å². The number of benzene rings is 3. The lowest BCUT2D eigenvalue weighted by Crippen LogP contribution is -2.84. The van der Waals surface area contributed by atoms with Gasteiger partial charge in [-0.15, -0.1) is 0 Å². The Morgan fingerprint density at radius 3 is 1.86 bits per heavy atom. The molecule has 0 fully saturated rings. The van der Waals surface area contributed by atoms with Crippen molar-refractivity contribution in [1.82, 2.24) is 0 Å². The van der Waals surface area contributed by atoms with Crippen LogP contribution in [0.25, 0.3) is 21.5 Å². The fourth-order valence-electron chi connectivity index (χ4n) is 3.97. The molecule has 0 amide bonds. The molecule has 0 spiro atoms. The fraction of sp³-hybridized carbons (Fsp3) is 0.423. The van der Waals surface area contributed by atoms with E-state index >= 15 is 0 Å². The number of quaternary nitrogens is 1. The molecule has 3 aromatic carbocycles. The zero-order valence-electron chi connectivity index (χ0n) is 17.7. The topological polar surface area (TPSA) is 45.7 Å². The standard InChI is InChI=1S/C26H33NO2/c1-2-3-4-5-6-7-8-9-14-19-27-29-26(28)25-23-17-12-10-15-21(23)20-22-16-11-13-18-24(22)25/h10-13,15-18,20,27H,2-9,14,19H2,1H3/q+1/p+1. The molecule has 0 heterocycles. The molecule has 3 rings (SSSR count). The predicted octanol–water partition coefficient (Wildman–Crippen LogP) is 6.16. The minimum atomic E-state index is -0.256. The monoisotopic (exact) mass is 392 g/mol. The molecule has 3 nitrogen and oxygen atoms in total. The molecule has 29 heavy (non-hydrogen) atoms. The Hall–Kier alpha value is -2.39. The molecule has 0 bridgehead atoms. The molecule has 0 aliphatic heterocycles. The van der Waals surface area contributed by atoms with Crippen molar-refractivity contribution in [1.29, 1.82) is 0 Å². The Balaban J connectivity index is 1.48. The number of nitrogens with two attached hydrogens (primary N) is 1. The molecule has 0 saturated carbocycles. The van der Waals surface area contributed by atoms with Gasteiger partial charge in [-0.3, -0.25) is 0 Å². The molecule has 3 aromatic rings. The second kappa shape index (κ2) is 11.6. The minimum absolute atomic E-state index is 0.256. The van der Waals surface area contributed by atoms with Crippen LogP contribution in [0.4, 0.5) is 0 Å². The van der Waals surface area contributed by atoms with Crippen LogP contribution in [0.2, 0.25) is 0 Å². The third-order valence-corrected chi connectivity index (χ3v) is 5.59. The smallest absolute Gasteiger partial charge is 0.0838 e. The summed E-state index contributed by atoms with van der Waals surface area (Å²) < 4.78 is 0. The van der Waals surface area contributed by atoms with Crippen molar-refractivity contribution in [3.8, 4) is 0 Å². The number of fused-ring (bicyclic) bond motifs is 2. The number of hydroxylamine groups is 1. The second-order valence-corrected chi connectivity index (χ2v) is 7.88. The molecule has 2 N–H and O–H groups in total. The molecule has 0 atom stereocenters. The third-order valence-electron chi connectivity index (χ3n) is 5.59.